The molecule has 0 radical (unpaired) electrons. The van der Waals surface area contributed by atoms with E-state index in [1.165, 1.54) is 14.0 Å². The third-order valence-corrected chi connectivity index (χ3v) is 7.55. The maximum absolute atomic E-state index is 12.9. The quantitative estimate of drug-likeness (QED) is 0.400. The van der Waals surface area contributed by atoms with Crippen molar-refractivity contribution in [3.63, 3.8) is 0 Å². The van der Waals surface area contributed by atoms with Gasteiger partial charge >= 0.3 is 5.97 Å². The van der Waals surface area contributed by atoms with Crippen molar-refractivity contribution >= 4 is 21.8 Å². The molecule has 7 nitrogen and oxygen atoms in total. The molecule has 8 heteroatoms. The second kappa shape index (κ2) is 9.10. The number of aromatic amines is 1. The molecule has 168 valence electrons. The SMILES string of the molecule is COC(=O)C(Cc1cc(C)c(C(=O)c2ccccc2)[nH]1)C(C)(c1ccccc1)S(N)(=O)=O. The van der Waals surface area contributed by atoms with E-state index < -0.39 is 26.7 Å². The summed E-state index contributed by atoms with van der Waals surface area (Å²) in [5, 5.41) is 5.65. The zero-order chi connectivity index (χ0) is 23.5. The Morgan fingerprint density at radius 2 is 1.62 bits per heavy atom. The van der Waals surface area contributed by atoms with Crippen molar-refractivity contribution < 1.29 is 22.7 Å². The molecular formula is C24H26N2O5S. The number of H-pyrrole nitrogens is 1. The molecule has 2 unspecified atom stereocenters. The summed E-state index contributed by atoms with van der Waals surface area (Å²) < 4.78 is 28.8. The second-order valence-corrected chi connectivity index (χ2v) is 9.78. The average molecular weight is 455 g/mol. The number of aromatic nitrogens is 1. The fourth-order valence-corrected chi connectivity index (χ4v) is 4.95. The van der Waals surface area contributed by atoms with Crippen molar-refractivity contribution in [2.24, 2.45) is 11.1 Å². The van der Waals surface area contributed by atoms with E-state index in [0.717, 1.165) is 0 Å². The van der Waals surface area contributed by atoms with Crippen LogP contribution in [-0.2, 0) is 30.7 Å². The number of rotatable bonds is 8. The lowest BCUT2D eigenvalue weighted by Crippen LogP contribution is -2.48. The highest BCUT2D eigenvalue weighted by Crippen LogP contribution is 2.39. The maximum Gasteiger partial charge on any atom is 0.311 e. The number of methoxy groups -OCH3 is 1. The molecule has 1 aromatic heterocycles. The molecule has 32 heavy (non-hydrogen) atoms. The van der Waals surface area contributed by atoms with E-state index in [9.17, 15) is 18.0 Å². The predicted molar refractivity (Wildman–Crippen MR) is 122 cm³/mol. The lowest BCUT2D eigenvalue weighted by atomic mass is 9.83. The molecule has 0 saturated heterocycles. The van der Waals surface area contributed by atoms with Crippen LogP contribution in [0.5, 0.6) is 0 Å². The molecule has 1 heterocycles. The summed E-state index contributed by atoms with van der Waals surface area (Å²) in [6.45, 7) is 3.20. The fraction of sp³-hybridized carbons (Fsp3) is 0.250. The highest BCUT2D eigenvalue weighted by molar-refractivity contribution is 7.90. The summed E-state index contributed by atoms with van der Waals surface area (Å²) in [5.41, 5.74) is 2.50. The fourth-order valence-electron chi connectivity index (χ4n) is 3.91. The van der Waals surface area contributed by atoms with Crippen LogP contribution in [0.25, 0.3) is 0 Å². The lowest BCUT2D eigenvalue weighted by Gasteiger charge is -2.34. The van der Waals surface area contributed by atoms with Gasteiger partial charge in [-0.3, -0.25) is 9.59 Å². The van der Waals surface area contributed by atoms with Crippen LogP contribution in [0.2, 0.25) is 0 Å². The molecule has 3 N–H and O–H groups in total. The number of carbonyl (C=O) groups excluding carboxylic acids is 2. The number of carbonyl (C=O) groups is 2. The van der Waals surface area contributed by atoms with Crippen molar-refractivity contribution in [3.05, 3.63) is 94.8 Å². The summed E-state index contributed by atoms with van der Waals surface area (Å²) >= 11 is 0. The standard InChI is InChI=1S/C24H26N2O5S/c1-16-14-19(26-21(16)22(27)17-10-6-4-7-11-17)15-20(23(28)31-3)24(2,32(25,29)30)18-12-8-5-9-13-18/h4-14,20,26H,15H2,1-3H3,(H2,25,29,30). The van der Waals surface area contributed by atoms with Gasteiger partial charge in [0, 0.05) is 17.7 Å². The van der Waals surface area contributed by atoms with E-state index in [-0.39, 0.29) is 12.2 Å². The van der Waals surface area contributed by atoms with Gasteiger partial charge < -0.3 is 9.72 Å². The molecule has 2 atom stereocenters. The maximum atomic E-state index is 12.9. The van der Waals surface area contributed by atoms with Crippen LogP contribution in [0, 0.1) is 12.8 Å². The van der Waals surface area contributed by atoms with Gasteiger partial charge in [0.1, 0.15) is 4.75 Å². The number of hydrogen-bond acceptors (Lipinski definition) is 5. The highest BCUT2D eigenvalue weighted by atomic mass is 32.2. The smallest absolute Gasteiger partial charge is 0.311 e. The Morgan fingerprint density at radius 3 is 2.16 bits per heavy atom. The van der Waals surface area contributed by atoms with Crippen LogP contribution in [-0.4, -0.2) is 32.3 Å². The van der Waals surface area contributed by atoms with Crippen LogP contribution in [0.3, 0.4) is 0 Å². The average Bonchev–Trinajstić information content (AvgIpc) is 3.16. The first-order valence-electron chi connectivity index (χ1n) is 10.0. The molecule has 0 aliphatic heterocycles. The highest BCUT2D eigenvalue weighted by Gasteiger charge is 2.50. The number of primary sulfonamides is 1. The number of nitrogens with two attached hydrogens (primary N) is 1. The minimum atomic E-state index is -4.24. The van der Waals surface area contributed by atoms with Gasteiger partial charge in [-0.25, -0.2) is 13.6 Å². The number of hydrogen-bond donors (Lipinski definition) is 2. The minimum absolute atomic E-state index is 0.0165. The first-order valence-corrected chi connectivity index (χ1v) is 11.6. The molecule has 0 spiro atoms. The Hall–Kier alpha value is -3.23. The van der Waals surface area contributed by atoms with Gasteiger partial charge in [-0.1, -0.05) is 60.7 Å². The van der Waals surface area contributed by atoms with Crippen molar-refractivity contribution in [1.29, 1.82) is 0 Å². The van der Waals surface area contributed by atoms with E-state index in [0.29, 0.717) is 28.1 Å². The number of sulfonamides is 1. The lowest BCUT2D eigenvalue weighted by molar-refractivity contribution is -0.146. The molecule has 0 bridgehead atoms. The number of nitrogens with one attached hydrogen (secondary N) is 1. The Kier molecular flexibility index (Phi) is 6.66. The van der Waals surface area contributed by atoms with Gasteiger partial charge in [0.25, 0.3) is 0 Å². The van der Waals surface area contributed by atoms with Gasteiger partial charge in [0.2, 0.25) is 15.8 Å². The van der Waals surface area contributed by atoms with E-state index in [1.54, 1.807) is 67.6 Å². The third kappa shape index (κ3) is 4.37. The van der Waals surface area contributed by atoms with Gasteiger partial charge in [0.05, 0.1) is 18.7 Å². The molecule has 0 aliphatic rings. The van der Waals surface area contributed by atoms with Gasteiger partial charge in [-0.2, -0.15) is 0 Å². The van der Waals surface area contributed by atoms with E-state index in [4.69, 9.17) is 9.88 Å². The van der Waals surface area contributed by atoms with Crippen molar-refractivity contribution in [3.8, 4) is 0 Å². The van der Waals surface area contributed by atoms with Gasteiger partial charge in [0.15, 0.2) is 0 Å². The monoisotopic (exact) mass is 454 g/mol. The zero-order valence-corrected chi connectivity index (χ0v) is 19.0. The zero-order valence-electron chi connectivity index (χ0n) is 18.2. The molecule has 3 rings (SSSR count). The Morgan fingerprint density at radius 1 is 1.06 bits per heavy atom. The molecular weight excluding hydrogens is 428 g/mol. The number of esters is 1. The van der Waals surface area contributed by atoms with Crippen molar-refractivity contribution in [1.82, 2.24) is 4.98 Å². The number of aryl methyl sites for hydroxylation is 1. The third-order valence-electron chi connectivity index (χ3n) is 5.85. The van der Waals surface area contributed by atoms with Crippen molar-refractivity contribution in [2.75, 3.05) is 7.11 Å². The summed E-state index contributed by atoms with van der Waals surface area (Å²) in [4.78, 5) is 28.8. The van der Waals surface area contributed by atoms with E-state index >= 15 is 0 Å². The first kappa shape index (κ1) is 23.4. The second-order valence-electron chi connectivity index (χ2n) is 7.85. The van der Waals surface area contributed by atoms with Gasteiger partial charge in [-0.05, 0) is 31.0 Å². The number of benzene rings is 2. The van der Waals surface area contributed by atoms with Crippen LogP contribution in [0.15, 0.2) is 66.7 Å². The number of ketones is 1. The summed E-state index contributed by atoms with van der Waals surface area (Å²) in [5.74, 6) is -2.06. The first-order chi connectivity index (χ1) is 15.1. The molecule has 3 aromatic rings. The number of ether oxygens (including phenoxy) is 1. The van der Waals surface area contributed by atoms with E-state index in [1.807, 2.05) is 6.07 Å². The van der Waals surface area contributed by atoms with Crippen LogP contribution in [0.4, 0.5) is 0 Å². The van der Waals surface area contributed by atoms with Crippen LogP contribution < -0.4 is 5.14 Å². The van der Waals surface area contributed by atoms with Crippen molar-refractivity contribution in [2.45, 2.75) is 25.0 Å². The molecule has 0 aliphatic carbocycles. The largest absolute Gasteiger partial charge is 0.469 e. The van der Waals surface area contributed by atoms with Crippen LogP contribution >= 0.6 is 0 Å². The Balaban J connectivity index is 2.05. The predicted octanol–water partition coefficient (Wildman–Crippen LogP) is 3.09. The molecule has 0 amide bonds. The van der Waals surface area contributed by atoms with E-state index in [2.05, 4.69) is 4.98 Å². The van der Waals surface area contributed by atoms with Crippen LogP contribution in [0.1, 0.15) is 39.8 Å². The molecule has 0 saturated carbocycles. The molecule has 2 aromatic carbocycles. The molecule has 0 fully saturated rings. The Bertz CT molecular complexity index is 1220. The summed E-state index contributed by atoms with van der Waals surface area (Å²) in [7, 11) is -3.03. The normalized spacial score (nSPS) is 14.4. The Labute approximate surface area is 187 Å². The van der Waals surface area contributed by atoms with Gasteiger partial charge in [-0.15, -0.1) is 0 Å². The topological polar surface area (TPSA) is 119 Å². The summed E-state index contributed by atoms with van der Waals surface area (Å²) in [6, 6.07) is 18.9. The minimum Gasteiger partial charge on any atom is -0.469 e. The summed E-state index contributed by atoms with van der Waals surface area (Å²) in [6.07, 6.45) is -0.0165.